The van der Waals surface area contributed by atoms with Crippen LogP contribution in [-0.2, 0) is 0 Å². The van der Waals surface area contributed by atoms with Gasteiger partial charge >= 0.3 is 0 Å². The number of nitrogens with one attached hydrogen (secondary N) is 1. The fourth-order valence-electron chi connectivity index (χ4n) is 1.75. The van der Waals surface area contributed by atoms with Crippen LogP contribution in [-0.4, -0.2) is 15.6 Å². The number of anilines is 1. The topological polar surface area (TPSA) is 29.9 Å². The molecule has 0 aromatic carbocycles. The first-order valence-electron chi connectivity index (χ1n) is 5.60. The third kappa shape index (κ3) is 2.08. The molecule has 14 heavy (non-hydrogen) atoms. The second kappa shape index (κ2) is 4.03. The van der Waals surface area contributed by atoms with Crippen LogP contribution >= 0.6 is 0 Å². The minimum atomic E-state index is 0.559. The molecule has 1 atom stereocenters. The van der Waals surface area contributed by atoms with Crippen molar-refractivity contribution in [1.82, 2.24) is 9.55 Å². The van der Waals surface area contributed by atoms with Gasteiger partial charge in [-0.2, -0.15) is 0 Å². The molecule has 1 heterocycles. The van der Waals surface area contributed by atoms with E-state index < -0.39 is 0 Å². The average molecular weight is 193 g/mol. The minimum absolute atomic E-state index is 0.559. The van der Waals surface area contributed by atoms with Gasteiger partial charge in [-0.1, -0.05) is 13.3 Å². The molecular formula is C11H19N3. The first kappa shape index (κ1) is 9.56. The van der Waals surface area contributed by atoms with E-state index in [4.69, 9.17) is 0 Å². The highest BCUT2D eigenvalue weighted by Crippen LogP contribution is 2.26. The van der Waals surface area contributed by atoms with E-state index >= 15 is 0 Å². The van der Waals surface area contributed by atoms with Crippen molar-refractivity contribution >= 4 is 5.95 Å². The van der Waals surface area contributed by atoms with Crippen LogP contribution in [0.25, 0.3) is 0 Å². The van der Waals surface area contributed by atoms with Gasteiger partial charge in [-0.15, -0.1) is 0 Å². The standard InChI is InChI=1S/C11H19N3/c1-3-4-9(2)14-8-7-12-11(14)13-10-5-6-10/h7-10H,3-6H2,1-2H3,(H,12,13). The summed E-state index contributed by atoms with van der Waals surface area (Å²) in [6.45, 7) is 4.48. The van der Waals surface area contributed by atoms with Crippen molar-refractivity contribution in [2.24, 2.45) is 0 Å². The molecule has 0 saturated heterocycles. The lowest BCUT2D eigenvalue weighted by Gasteiger charge is -2.15. The number of imidazole rings is 1. The van der Waals surface area contributed by atoms with E-state index in [1.54, 1.807) is 0 Å². The smallest absolute Gasteiger partial charge is 0.203 e. The first-order valence-corrected chi connectivity index (χ1v) is 5.60. The largest absolute Gasteiger partial charge is 0.353 e. The third-order valence-electron chi connectivity index (χ3n) is 2.76. The second-order valence-corrected chi connectivity index (χ2v) is 4.21. The molecule has 0 bridgehead atoms. The van der Waals surface area contributed by atoms with E-state index in [0.29, 0.717) is 12.1 Å². The maximum Gasteiger partial charge on any atom is 0.203 e. The molecule has 0 spiro atoms. The highest BCUT2D eigenvalue weighted by molar-refractivity contribution is 5.30. The molecule has 3 heteroatoms. The zero-order valence-electron chi connectivity index (χ0n) is 9.03. The van der Waals surface area contributed by atoms with Gasteiger partial charge in [0.1, 0.15) is 0 Å². The lowest BCUT2D eigenvalue weighted by atomic mass is 10.2. The maximum absolute atomic E-state index is 4.35. The zero-order valence-corrected chi connectivity index (χ0v) is 9.03. The predicted molar refractivity (Wildman–Crippen MR) is 58.5 cm³/mol. The van der Waals surface area contributed by atoms with Gasteiger partial charge in [0.05, 0.1) is 0 Å². The summed E-state index contributed by atoms with van der Waals surface area (Å²) in [6.07, 6.45) is 9.00. The van der Waals surface area contributed by atoms with Crippen LogP contribution in [0.15, 0.2) is 12.4 Å². The summed E-state index contributed by atoms with van der Waals surface area (Å²) < 4.78 is 2.25. The van der Waals surface area contributed by atoms with Gasteiger partial charge in [0, 0.05) is 24.5 Å². The van der Waals surface area contributed by atoms with Crippen molar-refractivity contribution in [2.45, 2.75) is 51.6 Å². The van der Waals surface area contributed by atoms with Crippen molar-refractivity contribution in [3.63, 3.8) is 0 Å². The van der Waals surface area contributed by atoms with Crippen LogP contribution in [0.5, 0.6) is 0 Å². The zero-order chi connectivity index (χ0) is 9.97. The van der Waals surface area contributed by atoms with E-state index in [-0.39, 0.29) is 0 Å². The third-order valence-corrected chi connectivity index (χ3v) is 2.76. The van der Waals surface area contributed by atoms with Crippen LogP contribution in [0.2, 0.25) is 0 Å². The van der Waals surface area contributed by atoms with Crippen LogP contribution in [0.4, 0.5) is 5.95 Å². The number of hydrogen-bond donors (Lipinski definition) is 1. The molecule has 1 saturated carbocycles. The number of rotatable bonds is 5. The minimum Gasteiger partial charge on any atom is -0.353 e. The molecule has 0 aliphatic heterocycles. The Balaban J connectivity index is 2.03. The van der Waals surface area contributed by atoms with Gasteiger partial charge in [0.2, 0.25) is 5.95 Å². The molecule has 1 aromatic heterocycles. The summed E-state index contributed by atoms with van der Waals surface area (Å²) in [6, 6.07) is 1.24. The Labute approximate surface area is 85.5 Å². The Kier molecular flexibility index (Phi) is 2.75. The molecule has 78 valence electrons. The summed E-state index contributed by atoms with van der Waals surface area (Å²) in [7, 11) is 0. The average Bonchev–Trinajstić information content (AvgIpc) is 2.82. The van der Waals surface area contributed by atoms with Gasteiger partial charge in [-0.05, 0) is 26.2 Å². The Morgan fingerprint density at radius 2 is 2.43 bits per heavy atom. The van der Waals surface area contributed by atoms with Crippen molar-refractivity contribution in [2.75, 3.05) is 5.32 Å². The molecule has 0 radical (unpaired) electrons. The fourth-order valence-corrected chi connectivity index (χ4v) is 1.75. The monoisotopic (exact) mass is 193 g/mol. The van der Waals surface area contributed by atoms with E-state index in [9.17, 15) is 0 Å². The quantitative estimate of drug-likeness (QED) is 0.779. The van der Waals surface area contributed by atoms with Gasteiger partial charge in [0.25, 0.3) is 0 Å². The molecule has 1 aliphatic rings. The lowest BCUT2D eigenvalue weighted by Crippen LogP contribution is -2.11. The van der Waals surface area contributed by atoms with Crippen molar-refractivity contribution in [1.29, 1.82) is 0 Å². The molecule has 1 aromatic rings. The number of nitrogens with zero attached hydrogens (tertiary/aromatic N) is 2. The molecule has 1 unspecified atom stereocenters. The second-order valence-electron chi connectivity index (χ2n) is 4.21. The van der Waals surface area contributed by atoms with Crippen LogP contribution in [0, 0.1) is 0 Å². The molecule has 2 rings (SSSR count). The molecule has 0 amide bonds. The predicted octanol–water partition coefficient (Wildman–Crippen LogP) is 2.82. The van der Waals surface area contributed by atoms with E-state index in [0.717, 1.165) is 5.95 Å². The van der Waals surface area contributed by atoms with Gasteiger partial charge in [0.15, 0.2) is 0 Å². The van der Waals surface area contributed by atoms with E-state index in [1.165, 1.54) is 25.7 Å². The number of hydrogen-bond acceptors (Lipinski definition) is 2. The molecule has 1 aliphatic carbocycles. The Morgan fingerprint density at radius 3 is 3.07 bits per heavy atom. The van der Waals surface area contributed by atoms with Gasteiger partial charge < -0.3 is 9.88 Å². The molecular weight excluding hydrogens is 174 g/mol. The maximum atomic E-state index is 4.35. The normalized spacial score (nSPS) is 18.1. The Bertz CT molecular complexity index is 288. The van der Waals surface area contributed by atoms with Crippen molar-refractivity contribution in [3.05, 3.63) is 12.4 Å². The summed E-state index contributed by atoms with van der Waals surface area (Å²) in [5.41, 5.74) is 0. The first-order chi connectivity index (χ1) is 6.81. The lowest BCUT2D eigenvalue weighted by molar-refractivity contribution is 0.504. The highest BCUT2D eigenvalue weighted by Gasteiger charge is 2.23. The summed E-state index contributed by atoms with van der Waals surface area (Å²) in [5.74, 6) is 1.05. The SMILES string of the molecule is CCCC(C)n1ccnc1NC1CC1. The Hall–Kier alpha value is -0.990. The summed E-state index contributed by atoms with van der Waals surface area (Å²) >= 11 is 0. The fraction of sp³-hybridized carbons (Fsp3) is 0.727. The number of aromatic nitrogens is 2. The van der Waals surface area contributed by atoms with Crippen LogP contribution < -0.4 is 5.32 Å². The van der Waals surface area contributed by atoms with E-state index in [2.05, 4.69) is 34.9 Å². The molecule has 3 nitrogen and oxygen atoms in total. The molecule has 1 N–H and O–H groups in total. The Morgan fingerprint density at radius 1 is 1.64 bits per heavy atom. The van der Waals surface area contributed by atoms with Gasteiger partial charge in [-0.25, -0.2) is 4.98 Å². The van der Waals surface area contributed by atoms with Crippen LogP contribution in [0.3, 0.4) is 0 Å². The summed E-state index contributed by atoms with van der Waals surface area (Å²) in [4.78, 5) is 4.35. The highest BCUT2D eigenvalue weighted by atomic mass is 15.2. The van der Waals surface area contributed by atoms with Crippen molar-refractivity contribution in [3.8, 4) is 0 Å². The summed E-state index contributed by atoms with van der Waals surface area (Å²) in [5, 5.41) is 3.46. The van der Waals surface area contributed by atoms with Crippen LogP contribution in [0.1, 0.15) is 45.6 Å². The van der Waals surface area contributed by atoms with E-state index in [1.807, 2.05) is 6.20 Å². The van der Waals surface area contributed by atoms with Gasteiger partial charge in [-0.3, -0.25) is 0 Å². The molecule has 1 fully saturated rings. The van der Waals surface area contributed by atoms with Crippen molar-refractivity contribution < 1.29 is 0 Å².